The SMILES string of the molecule is C=CC[C@H](C)C(=O)N1[C@H](C(=O)OC)CCN1C(=O)OCc1ccccc1. The Labute approximate surface area is 153 Å². The van der Waals surface area contributed by atoms with Gasteiger partial charge in [-0.3, -0.25) is 4.79 Å². The highest BCUT2D eigenvalue weighted by Gasteiger charge is 2.44. The van der Waals surface area contributed by atoms with Crippen molar-refractivity contribution in [3.63, 3.8) is 0 Å². The zero-order chi connectivity index (χ0) is 19.1. The van der Waals surface area contributed by atoms with E-state index in [0.29, 0.717) is 12.8 Å². The van der Waals surface area contributed by atoms with E-state index in [1.165, 1.54) is 17.1 Å². The summed E-state index contributed by atoms with van der Waals surface area (Å²) in [6.45, 7) is 5.65. The number of amides is 2. The molecule has 26 heavy (non-hydrogen) atoms. The number of allylic oxidation sites excluding steroid dienone is 1. The Morgan fingerprint density at radius 2 is 2.00 bits per heavy atom. The van der Waals surface area contributed by atoms with Crippen molar-refractivity contribution < 1.29 is 23.9 Å². The molecule has 7 heteroatoms. The van der Waals surface area contributed by atoms with Gasteiger partial charge in [0.1, 0.15) is 6.61 Å². The molecule has 1 aromatic carbocycles. The molecule has 7 nitrogen and oxygen atoms in total. The van der Waals surface area contributed by atoms with Crippen LogP contribution in [0.5, 0.6) is 0 Å². The van der Waals surface area contributed by atoms with Gasteiger partial charge in [-0.25, -0.2) is 19.6 Å². The highest BCUT2D eigenvalue weighted by molar-refractivity contribution is 5.88. The summed E-state index contributed by atoms with van der Waals surface area (Å²) in [4.78, 5) is 37.3. The first-order valence-corrected chi connectivity index (χ1v) is 8.49. The van der Waals surface area contributed by atoms with Crippen molar-refractivity contribution in [2.75, 3.05) is 13.7 Å². The maximum Gasteiger partial charge on any atom is 0.429 e. The predicted molar refractivity (Wildman–Crippen MR) is 94.6 cm³/mol. The number of rotatable bonds is 6. The van der Waals surface area contributed by atoms with Gasteiger partial charge in [-0.1, -0.05) is 43.3 Å². The van der Waals surface area contributed by atoms with Crippen molar-refractivity contribution in [1.82, 2.24) is 10.0 Å². The minimum atomic E-state index is -0.830. The topological polar surface area (TPSA) is 76.2 Å². The van der Waals surface area contributed by atoms with Crippen LogP contribution < -0.4 is 0 Å². The second-order valence-electron chi connectivity index (χ2n) is 6.10. The summed E-state index contributed by atoms with van der Waals surface area (Å²) < 4.78 is 10.1. The molecule has 0 N–H and O–H groups in total. The lowest BCUT2D eigenvalue weighted by atomic mass is 10.1. The van der Waals surface area contributed by atoms with Gasteiger partial charge in [0.15, 0.2) is 6.04 Å². The number of ether oxygens (including phenoxy) is 2. The zero-order valence-corrected chi connectivity index (χ0v) is 15.1. The summed E-state index contributed by atoms with van der Waals surface area (Å²) in [6.07, 6.45) is 1.71. The smallest absolute Gasteiger partial charge is 0.429 e. The summed E-state index contributed by atoms with van der Waals surface area (Å²) in [7, 11) is 1.26. The highest BCUT2D eigenvalue weighted by atomic mass is 16.6. The molecule has 1 aliphatic rings. The molecule has 0 spiro atoms. The Morgan fingerprint density at radius 1 is 1.31 bits per heavy atom. The number of benzene rings is 1. The van der Waals surface area contributed by atoms with E-state index in [1.807, 2.05) is 30.3 Å². The van der Waals surface area contributed by atoms with Crippen LogP contribution in [0.1, 0.15) is 25.3 Å². The van der Waals surface area contributed by atoms with Crippen LogP contribution in [0, 0.1) is 5.92 Å². The van der Waals surface area contributed by atoms with Crippen molar-refractivity contribution >= 4 is 18.0 Å². The number of hydrogen-bond acceptors (Lipinski definition) is 5. The van der Waals surface area contributed by atoms with Crippen LogP contribution in [0.4, 0.5) is 4.79 Å². The molecule has 2 atom stereocenters. The van der Waals surface area contributed by atoms with E-state index < -0.39 is 24.0 Å². The number of hydrogen-bond donors (Lipinski definition) is 0. The van der Waals surface area contributed by atoms with Gasteiger partial charge in [-0.2, -0.15) is 0 Å². The molecule has 1 saturated heterocycles. The molecule has 140 valence electrons. The first kappa shape index (κ1) is 19.5. The molecular weight excluding hydrogens is 336 g/mol. The van der Waals surface area contributed by atoms with Crippen LogP contribution >= 0.6 is 0 Å². The fourth-order valence-corrected chi connectivity index (χ4v) is 2.82. The van der Waals surface area contributed by atoms with Crippen molar-refractivity contribution in [3.8, 4) is 0 Å². The Morgan fingerprint density at radius 3 is 2.62 bits per heavy atom. The highest BCUT2D eigenvalue weighted by Crippen LogP contribution is 2.24. The molecule has 1 aromatic rings. The monoisotopic (exact) mass is 360 g/mol. The number of nitrogens with zero attached hydrogens (tertiary/aromatic N) is 2. The molecule has 0 aliphatic carbocycles. The number of hydrazine groups is 1. The molecular formula is C19H24N2O5. The van der Waals surface area contributed by atoms with Crippen molar-refractivity contribution in [2.24, 2.45) is 5.92 Å². The first-order valence-electron chi connectivity index (χ1n) is 8.49. The molecule has 0 radical (unpaired) electrons. The van der Waals surface area contributed by atoms with Gasteiger partial charge >= 0.3 is 12.1 Å². The molecule has 2 rings (SSSR count). The fraction of sp³-hybridized carbons (Fsp3) is 0.421. The van der Waals surface area contributed by atoms with E-state index in [9.17, 15) is 14.4 Å². The van der Waals surface area contributed by atoms with Crippen molar-refractivity contribution in [1.29, 1.82) is 0 Å². The third-order valence-electron chi connectivity index (χ3n) is 4.23. The second kappa shape index (κ2) is 9.03. The number of carbonyl (C=O) groups excluding carboxylic acids is 3. The van der Waals surface area contributed by atoms with Gasteiger partial charge in [0.05, 0.1) is 7.11 Å². The van der Waals surface area contributed by atoms with Crippen LogP contribution in [0.25, 0.3) is 0 Å². The third-order valence-corrected chi connectivity index (χ3v) is 4.23. The Balaban J connectivity index is 2.13. The fourth-order valence-electron chi connectivity index (χ4n) is 2.82. The number of esters is 1. The van der Waals surface area contributed by atoms with Crippen LogP contribution in [0.2, 0.25) is 0 Å². The van der Waals surface area contributed by atoms with Crippen LogP contribution in [-0.4, -0.2) is 47.7 Å². The van der Waals surface area contributed by atoms with Crippen LogP contribution in [0.3, 0.4) is 0 Å². The average Bonchev–Trinajstić information content (AvgIpc) is 3.11. The zero-order valence-electron chi connectivity index (χ0n) is 15.1. The summed E-state index contributed by atoms with van der Waals surface area (Å²) in [6, 6.07) is 8.41. The lowest BCUT2D eigenvalue weighted by molar-refractivity contribution is -0.162. The van der Waals surface area contributed by atoms with Gasteiger partial charge in [0, 0.05) is 18.9 Å². The molecule has 0 unspecified atom stereocenters. The summed E-state index contributed by atoms with van der Waals surface area (Å²) in [5.41, 5.74) is 0.836. The lowest BCUT2D eigenvalue weighted by Gasteiger charge is -2.32. The van der Waals surface area contributed by atoms with E-state index in [4.69, 9.17) is 9.47 Å². The third kappa shape index (κ3) is 4.41. The lowest BCUT2D eigenvalue weighted by Crippen LogP contribution is -2.52. The number of methoxy groups -OCH3 is 1. The van der Waals surface area contributed by atoms with Gasteiger partial charge in [0.25, 0.3) is 0 Å². The predicted octanol–water partition coefficient (Wildman–Crippen LogP) is 2.53. The molecule has 0 saturated carbocycles. The van der Waals surface area contributed by atoms with Gasteiger partial charge in [-0.15, -0.1) is 6.58 Å². The minimum absolute atomic E-state index is 0.0866. The summed E-state index contributed by atoms with van der Waals surface area (Å²) >= 11 is 0. The van der Waals surface area contributed by atoms with Crippen LogP contribution in [-0.2, 0) is 25.7 Å². The van der Waals surface area contributed by atoms with E-state index in [2.05, 4.69) is 6.58 Å². The molecule has 0 aromatic heterocycles. The Kier molecular flexibility index (Phi) is 6.77. The maximum atomic E-state index is 12.8. The second-order valence-corrected chi connectivity index (χ2v) is 6.10. The maximum absolute atomic E-state index is 12.8. The van der Waals surface area contributed by atoms with Crippen LogP contribution in [0.15, 0.2) is 43.0 Å². The van der Waals surface area contributed by atoms with E-state index >= 15 is 0 Å². The van der Waals surface area contributed by atoms with Gasteiger partial charge in [-0.05, 0) is 12.0 Å². The summed E-state index contributed by atoms with van der Waals surface area (Å²) in [5, 5.41) is 2.36. The molecule has 1 heterocycles. The summed E-state index contributed by atoms with van der Waals surface area (Å²) in [5.74, 6) is -1.31. The molecule has 1 aliphatic heterocycles. The molecule has 0 bridgehead atoms. The van der Waals surface area contributed by atoms with Crippen molar-refractivity contribution in [3.05, 3.63) is 48.6 Å². The normalized spacial score (nSPS) is 17.5. The van der Waals surface area contributed by atoms with E-state index in [-0.39, 0.29) is 19.1 Å². The van der Waals surface area contributed by atoms with E-state index in [1.54, 1.807) is 13.0 Å². The minimum Gasteiger partial charge on any atom is -0.467 e. The largest absolute Gasteiger partial charge is 0.467 e. The molecule has 2 amide bonds. The Hall–Kier alpha value is -2.83. The van der Waals surface area contributed by atoms with E-state index in [0.717, 1.165) is 5.56 Å². The molecule has 1 fully saturated rings. The quantitative estimate of drug-likeness (QED) is 0.575. The van der Waals surface area contributed by atoms with Crippen molar-refractivity contribution in [2.45, 2.75) is 32.4 Å². The first-order chi connectivity index (χ1) is 12.5. The number of carbonyl (C=O) groups is 3. The van der Waals surface area contributed by atoms with Gasteiger partial charge < -0.3 is 9.47 Å². The van der Waals surface area contributed by atoms with Gasteiger partial charge in [0.2, 0.25) is 5.91 Å². The standard InChI is InChI=1S/C19H24N2O5/c1-4-8-14(2)17(22)21-16(18(23)25-3)11-12-20(21)19(24)26-13-15-9-6-5-7-10-15/h4-7,9-10,14,16H,1,8,11-13H2,2-3H3/t14-,16-/m0/s1. The Bertz CT molecular complexity index is 661. The average molecular weight is 360 g/mol.